The zero-order valence-corrected chi connectivity index (χ0v) is 12.8. The van der Waals surface area contributed by atoms with E-state index < -0.39 is 0 Å². The van der Waals surface area contributed by atoms with Crippen molar-refractivity contribution in [1.29, 1.82) is 0 Å². The number of fused-ring (bicyclic) bond motifs is 3. The molecule has 0 atom stereocenters. The Labute approximate surface area is 138 Å². The molecule has 2 aromatic carbocycles. The van der Waals surface area contributed by atoms with Gasteiger partial charge in [-0.05, 0) is 36.6 Å². The van der Waals surface area contributed by atoms with Crippen molar-refractivity contribution in [2.45, 2.75) is 12.8 Å². The molecule has 4 rings (SSSR count). The van der Waals surface area contributed by atoms with Gasteiger partial charge in [0.2, 0.25) is 6.41 Å². The fourth-order valence-electron chi connectivity index (χ4n) is 3.07. The van der Waals surface area contributed by atoms with Crippen molar-refractivity contribution in [3.8, 4) is 22.5 Å². The first-order valence-electron chi connectivity index (χ1n) is 7.71. The van der Waals surface area contributed by atoms with Gasteiger partial charge in [0, 0.05) is 11.1 Å². The molecule has 0 spiro atoms. The lowest BCUT2D eigenvalue weighted by molar-refractivity contribution is -0.105. The number of hydrogen-bond donors (Lipinski definition) is 1. The van der Waals surface area contributed by atoms with Crippen LogP contribution in [-0.4, -0.2) is 16.4 Å². The van der Waals surface area contributed by atoms with Crippen molar-refractivity contribution in [2.75, 3.05) is 5.32 Å². The molecular formula is C19H14FN3O. The van der Waals surface area contributed by atoms with Gasteiger partial charge >= 0.3 is 0 Å². The summed E-state index contributed by atoms with van der Waals surface area (Å²) < 4.78 is 13.5. The maximum atomic E-state index is 13.5. The number of nitrogens with one attached hydrogen (secondary N) is 1. The van der Waals surface area contributed by atoms with Crippen molar-refractivity contribution in [3.63, 3.8) is 0 Å². The normalized spacial score (nSPS) is 12.2. The molecule has 1 heterocycles. The standard InChI is InChI=1S/C19H14FN3O/c20-14-7-8-15-13(10-14)6-9-16-18(15)23-17(19(22-16)21-11-24)12-4-2-1-3-5-12/h1-5,7-8,10-11H,6,9H2,(H,21,22,24). The molecule has 3 aromatic rings. The summed E-state index contributed by atoms with van der Waals surface area (Å²) >= 11 is 0. The smallest absolute Gasteiger partial charge is 0.212 e. The van der Waals surface area contributed by atoms with Crippen LogP contribution in [0.25, 0.3) is 22.5 Å². The highest BCUT2D eigenvalue weighted by molar-refractivity contribution is 5.83. The van der Waals surface area contributed by atoms with Crippen LogP contribution in [0.5, 0.6) is 0 Å². The summed E-state index contributed by atoms with van der Waals surface area (Å²) in [7, 11) is 0. The van der Waals surface area contributed by atoms with E-state index in [0.717, 1.165) is 28.1 Å². The molecule has 0 unspecified atom stereocenters. The molecule has 0 bridgehead atoms. The number of halogens is 1. The highest BCUT2D eigenvalue weighted by Gasteiger charge is 2.22. The van der Waals surface area contributed by atoms with Crippen molar-refractivity contribution in [1.82, 2.24) is 9.97 Å². The first kappa shape index (κ1) is 14.5. The summed E-state index contributed by atoms with van der Waals surface area (Å²) in [5, 5.41) is 2.64. The van der Waals surface area contributed by atoms with Crippen molar-refractivity contribution in [3.05, 3.63) is 65.6 Å². The minimum Gasteiger partial charge on any atom is -0.311 e. The van der Waals surface area contributed by atoms with Crippen LogP contribution >= 0.6 is 0 Å². The Kier molecular flexibility index (Phi) is 3.54. The SMILES string of the molecule is O=CNc1nc2c(nc1-c1ccccc1)-c1ccc(F)cc1CC2. The zero-order valence-electron chi connectivity index (χ0n) is 12.8. The number of hydrogen-bond acceptors (Lipinski definition) is 3. The van der Waals surface area contributed by atoms with E-state index in [0.29, 0.717) is 30.8 Å². The molecule has 1 aromatic heterocycles. The van der Waals surface area contributed by atoms with Crippen LogP contribution in [0.15, 0.2) is 48.5 Å². The lowest BCUT2D eigenvalue weighted by atomic mass is 9.91. The average molecular weight is 319 g/mol. The number of nitrogens with zero attached hydrogens (tertiary/aromatic N) is 2. The quantitative estimate of drug-likeness (QED) is 0.750. The third-order valence-electron chi connectivity index (χ3n) is 4.16. The third kappa shape index (κ3) is 2.44. The second kappa shape index (κ2) is 5.85. The van der Waals surface area contributed by atoms with Crippen LogP contribution < -0.4 is 5.32 Å². The topological polar surface area (TPSA) is 54.9 Å². The van der Waals surface area contributed by atoms with Crippen LogP contribution in [0.1, 0.15) is 11.3 Å². The molecule has 0 saturated heterocycles. The molecule has 0 radical (unpaired) electrons. The molecule has 5 heteroatoms. The Morgan fingerprint density at radius 2 is 1.83 bits per heavy atom. The molecule has 0 fully saturated rings. The lowest BCUT2D eigenvalue weighted by Gasteiger charge is -2.20. The monoisotopic (exact) mass is 319 g/mol. The number of carbonyl (C=O) groups excluding carboxylic acids is 1. The Balaban J connectivity index is 1.94. The highest BCUT2D eigenvalue weighted by Crippen LogP contribution is 2.35. The van der Waals surface area contributed by atoms with Crippen LogP contribution in [0.4, 0.5) is 10.2 Å². The predicted molar refractivity (Wildman–Crippen MR) is 90.0 cm³/mol. The molecule has 0 aliphatic heterocycles. The molecule has 24 heavy (non-hydrogen) atoms. The maximum absolute atomic E-state index is 13.5. The van der Waals surface area contributed by atoms with E-state index in [1.807, 2.05) is 30.3 Å². The van der Waals surface area contributed by atoms with Gasteiger partial charge < -0.3 is 5.32 Å². The van der Waals surface area contributed by atoms with E-state index >= 15 is 0 Å². The van der Waals surface area contributed by atoms with Crippen molar-refractivity contribution in [2.24, 2.45) is 0 Å². The molecule has 1 aliphatic carbocycles. The number of amides is 1. The number of carbonyl (C=O) groups is 1. The number of rotatable bonds is 3. The zero-order chi connectivity index (χ0) is 16.5. The van der Waals surface area contributed by atoms with Crippen LogP contribution in [0.3, 0.4) is 0 Å². The Morgan fingerprint density at radius 3 is 2.62 bits per heavy atom. The third-order valence-corrected chi connectivity index (χ3v) is 4.16. The summed E-state index contributed by atoms with van der Waals surface area (Å²) in [5.74, 6) is 0.202. The molecule has 1 aliphatic rings. The summed E-state index contributed by atoms with van der Waals surface area (Å²) in [5.41, 5.74) is 4.89. The molecule has 1 N–H and O–H groups in total. The van der Waals surface area contributed by atoms with Gasteiger partial charge in [-0.3, -0.25) is 4.79 Å². The Morgan fingerprint density at radius 1 is 1.00 bits per heavy atom. The minimum atomic E-state index is -0.243. The molecule has 4 nitrogen and oxygen atoms in total. The van der Waals surface area contributed by atoms with Crippen molar-refractivity contribution >= 4 is 12.2 Å². The van der Waals surface area contributed by atoms with E-state index in [1.54, 1.807) is 12.1 Å². The molecule has 118 valence electrons. The first-order chi connectivity index (χ1) is 11.8. The Hall–Kier alpha value is -3.08. The molecule has 0 saturated carbocycles. The van der Waals surface area contributed by atoms with Gasteiger partial charge in [-0.15, -0.1) is 0 Å². The maximum Gasteiger partial charge on any atom is 0.212 e. The van der Waals surface area contributed by atoms with Gasteiger partial charge in [-0.1, -0.05) is 30.3 Å². The van der Waals surface area contributed by atoms with Gasteiger partial charge in [0.25, 0.3) is 0 Å². The fraction of sp³-hybridized carbons (Fsp3) is 0.105. The largest absolute Gasteiger partial charge is 0.311 e. The first-order valence-corrected chi connectivity index (χ1v) is 7.71. The van der Waals surface area contributed by atoms with Gasteiger partial charge in [-0.2, -0.15) is 0 Å². The van der Waals surface area contributed by atoms with Crippen LogP contribution in [0.2, 0.25) is 0 Å². The summed E-state index contributed by atoms with van der Waals surface area (Å²) in [6.07, 6.45) is 1.98. The second-order valence-electron chi connectivity index (χ2n) is 5.65. The average Bonchev–Trinajstić information content (AvgIpc) is 2.62. The number of aromatic nitrogens is 2. The van der Waals surface area contributed by atoms with E-state index in [2.05, 4.69) is 10.3 Å². The highest BCUT2D eigenvalue weighted by atomic mass is 19.1. The molecule has 1 amide bonds. The van der Waals surface area contributed by atoms with Gasteiger partial charge in [0.1, 0.15) is 11.5 Å². The van der Waals surface area contributed by atoms with E-state index in [4.69, 9.17) is 4.98 Å². The molecular weight excluding hydrogens is 305 g/mol. The van der Waals surface area contributed by atoms with E-state index in [1.165, 1.54) is 6.07 Å². The Bertz CT molecular complexity index is 925. The number of aryl methyl sites for hydroxylation is 2. The lowest BCUT2D eigenvalue weighted by Crippen LogP contribution is -2.12. The van der Waals surface area contributed by atoms with E-state index in [9.17, 15) is 9.18 Å². The van der Waals surface area contributed by atoms with Crippen LogP contribution in [-0.2, 0) is 17.6 Å². The summed E-state index contributed by atoms with van der Waals surface area (Å²) in [6.45, 7) is 0. The van der Waals surface area contributed by atoms with Gasteiger partial charge in [0.15, 0.2) is 5.82 Å². The van der Waals surface area contributed by atoms with Gasteiger partial charge in [-0.25, -0.2) is 14.4 Å². The second-order valence-corrected chi connectivity index (χ2v) is 5.65. The predicted octanol–water partition coefficient (Wildman–Crippen LogP) is 3.62. The van der Waals surface area contributed by atoms with Crippen molar-refractivity contribution < 1.29 is 9.18 Å². The van der Waals surface area contributed by atoms with E-state index in [-0.39, 0.29) is 5.82 Å². The summed E-state index contributed by atoms with van der Waals surface area (Å²) in [6, 6.07) is 14.3. The summed E-state index contributed by atoms with van der Waals surface area (Å²) in [4.78, 5) is 20.3. The number of benzene rings is 2. The number of anilines is 1. The fourth-order valence-corrected chi connectivity index (χ4v) is 3.07. The minimum absolute atomic E-state index is 0.243. The van der Waals surface area contributed by atoms with Gasteiger partial charge in [0.05, 0.1) is 11.4 Å². The van der Waals surface area contributed by atoms with Crippen LogP contribution in [0, 0.1) is 5.82 Å².